The summed E-state index contributed by atoms with van der Waals surface area (Å²) >= 11 is 0. The lowest BCUT2D eigenvalue weighted by Crippen LogP contribution is -2.40. The van der Waals surface area contributed by atoms with Gasteiger partial charge >= 0.3 is 5.97 Å². The first-order valence-electron chi connectivity index (χ1n) is 8.23. The summed E-state index contributed by atoms with van der Waals surface area (Å²) in [6.45, 7) is 4.90. The third kappa shape index (κ3) is 4.65. The van der Waals surface area contributed by atoms with Crippen LogP contribution in [0, 0.1) is 13.8 Å². The second-order valence-corrected chi connectivity index (χ2v) is 8.04. The lowest BCUT2D eigenvalue weighted by atomic mass is 10.1. The van der Waals surface area contributed by atoms with Crippen LogP contribution < -0.4 is 4.72 Å². The second-order valence-electron chi connectivity index (χ2n) is 6.39. The third-order valence-electron chi connectivity index (χ3n) is 4.25. The van der Waals surface area contributed by atoms with Crippen molar-refractivity contribution in [1.82, 2.24) is 4.90 Å². The van der Waals surface area contributed by atoms with Crippen LogP contribution in [0.5, 0.6) is 0 Å². The van der Waals surface area contributed by atoms with E-state index in [0.717, 1.165) is 10.5 Å². The minimum Gasteiger partial charge on any atom is -0.480 e. The number of nitrogens with zero attached hydrogens (tertiary/aromatic N) is 1. The molecule has 1 atom stereocenters. The Kier molecular flexibility index (Phi) is 5.90. The fraction of sp³-hybridized carbons (Fsp3) is 0.263. The lowest BCUT2D eigenvalue weighted by Gasteiger charge is -2.21. The number of rotatable bonds is 6. The van der Waals surface area contributed by atoms with E-state index in [2.05, 4.69) is 4.72 Å². The molecule has 0 saturated carbocycles. The molecule has 0 aliphatic carbocycles. The fourth-order valence-electron chi connectivity index (χ4n) is 2.47. The molecular weight excluding hydrogens is 368 g/mol. The highest BCUT2D eigenvalue weighted by Crippen LogP contribution is 2.21. The van der Waals surface area contributed by atoms with Gasteiger partial charge < -0.3 is 10.0 Å². The summed E-state index contributed by atoms with van der Waals surface area (Å²) in [5, 5.41) is 9.04. The maximum absolute atomic E-state index is 12.7. The number of nitrogens with one attached hydrogen (secondary N) is 1. The van der Waals surface area contributed by atoms with Crippen molar-refractivity contribution in [2.24, 2.45) is 0 Å². The van der Waals surface area contributed by atoms with Crippen LogP contribution in [0.25, 0.3) is 0 Å². The lowest BCUT2D eigenvalue weighted by molar-refractivity contribution is -0.141. The number of aryl methyl sites for hydroxylation is 2. The fourth-order valence-corrected chi connectivity index (χ4v) is 3.85. The van der Waals surface area contributed by atoms with Gasteiger partial charge in [0.1, 0.15) is 6.04 Å². The monoisotopic (exact) mass is 390 g/mol. The number of benzene rings is 2. The number of hydrogen-bond donors (Lipinski definition) is 2. The molecule has 0 aliphatic heterocycles. The molecule has 8 heteroatoms. The van der Waals surface area contributed by atoms with Crippen LogP contribution >= 0.6 is 0 Å². The molecular formula is C19H22N2O5S. The van der Waals surface area contributed by atoms with Gasteiger partial charge in [-0.05, 0) is 56.2 Å². The summed E-state index contributed by atoms with van der Waals surface area (Å²) in [7, 11) is -2.44. The zero-order valence-corrected chi connectivity index (χ0v) is 16.4. The van der Waals surface area contributed by atoms with Crippen LogP contribution in [0.15, 0.2) is 47.4 Å². The van der Waals surface area contributed by atoms with E-state index >= 15 is 0 Å². The van der Waals surface area contributed by atoms with Crippen LogP contribution in [-0.2, 0) is 14.8 Å². The van der Waals surface area contributed by atoms with Crippen molar-refractivity contribution in [1.29, 1.82) is 0 Å². The van der Waals surface area contributed by atoms with Crippen LogP contribution in [-0.4, -0.2) is 43.4 Å². The summed E-state index contributed by atoms with van der Waals surface area (Å²) in [5.41, 5.74) is 1.83. The van der Waals surface area contributed by atoms with Crippen molar-refractivity contribution in [3.63, 3.8) is 0 Å². The number of likely N-dealkylation sites (N-methyl/N-ethyl adjacent to an activating group) is 1. The number of carbonyl (C=O) groups is 2. The molecule has 2 rings (SSSR count). The first-order valence-corrected chi connectivity index (χ1v) is 9.71. The van der Waals surface area contributed by atoms with Crippen molar-refractivity contribution in [2.45, 2.75) is 31.7 Å². The average molecular weight is 390 g/mol. The molecule has 1 unspecified atom stereocenters. The number of sulfonamides is 1. The van der Waals surface area contributed by atoms with E-state index < -0.39 is 27.9 Å². The molecule has 0 radical (unpaired) electrons. The van der Waals surface area contributed by atoms with Gasteiger partial charge in [0.05, 0.1) is 4.90 Å². The van der Waals surface area contributed by atoms with Crippen LogP contribution in [0.2, 0.25) is 0 Å². The standard InChI is InChI=1S/C19H22N2O5S/c1-12-8-9-13(2)17(10-12)27(25,26)20-16-7-5-6-15(11-16)18(22)21(4)14(3)19(23)24/h5-11,14,20H,1-4H3,(H,23,24). The summed E-state index contributed by atoms with van der Waals surface area (Å²) in [6.07, 6.45) is 0. The zero-order chi connectivity index (χ0) is 20.4. The van der Waals surface area contributed by atoms with Crippen molar-refractivity contribution in [2.75, 3.05) is 11.8 Å². The second kappa shape index (κ2) is 7.79. The van der Waals surface area contributed by atoms with E-state index in [1.807, 2.05) is 6.07 Å². The number of carboxylic acids is 1. The van der Waals surface area contributed by atoms with E-state index in [-0.39, 0.29) is 16.1 Å². The predicted octanol–water partition coefficient (Wildman–Crippen LogP) is 2.65. The molecule has 2 aromatic carbocycles. The average Bonchev–Trinajstić information content (AvgIpc) is 2.61. The van der Waals surface area contributed by atoms with Gasteiger partial charge in [0, 0.05) is 18.3 Å². The van der Waals surface area contributed by atoms with Gasteiger partial charge in [-0.25, -0.2) is 13.2 Å². The molecule has 0 heterocycles. The molecule has 7 nitrogen and oxygen atoms in total. The number of aliphatic carboxylic acids is 1. The highest BCUT2D eigenvalue weighted by molar-refractivity contribution is 7.92. The minimum absolute atomic E-state index is 0.163. The van der Waals surface area contributed by atoms with Gasteiger partial charge in [0.25, 0.3) is 15.9 Å². The molecule has 0 fully saturated rings. The molecule has 0 spiro atoms. The highest BCUT2D eigenvalue weighted by atomic mass is 32.2. The van der Waals surface area contributed by atoms with Crippen LogP contribution in [0.4, 0.5) is 5.69 Å². The van der Waals surface area contributed by atoms with Gasteiger partial charge in [-0.1, -0.05) is 18.2 Å². The molecule has 0 aliphatic rings. The maximum Gasteiger partial charge on any atom is 0.326 e. The number of carboxylic acid groups (broad SMARTS) is 1. The SMILES string of the molecule is Cc1ccc(C)c(S(=O)(=O)Nc2cccc(C(=O)N(C)C(C)C(=O)O)c2)c1. The normalized spacial score (nSPS) is 12.3. The molecule has 0 aromatic heterocycles. The third-order valence-corrected chi connectivity index (χ3v) is 5.78. The van der Waals surface area contributed by atoms with E-state index in [1.54, 1.807) is 26.0 Å². The Bertz CT molecular complexity index is 985. The summed E-state index contributed by atoms with van der Waals surface area (Å²) < 4.78 is 27.9. The summed E-state index contributed by atoms with van der Waals surface area (Å²) in [4.78, 5) is 24.8. The largest absolute Gasteiger partial charge is 0.480 e. The molecule has 27 heavy (non-hydrogen) atoms. The van der Waals surface area contributed by atoms with Crippen molar-refractivity contribution < 1.29 is 23.1 Å². The Morgan fingerprint density at radius 3 is 2.41 bits per heavy atom. The van der Waals surface area contributed by atoms with Gasteiger partial charge in [0.15, 0.2) is 0 Å². The van der Waals surface area contributed by atoms with Gasteiger partial charge in [0.2, 0.25) is 0 Å². The van der Waals surface area contributed by atoms with E-state index in [9.17, 15) is 18.0 Å². The Morgan fingerprint density at radius 1 is 1.11 bits per heavy atom. The van der Waals surface area contributed by atoms with Crippen LogP contribution in [0.3, 0.4) is 0 Å². The van der Waals surface area contributed by atoms with Crippen molar-refractivity contribution in [3.05, 3.63) is 59.2 Å². The quantitative estimate of drug-likeness (QED) is 0.789. The minimum atomic E-state index is -3.83. The number of anilines is 1. The summed E-state index contributed by atoms with van der Waals surface area (Å²) in [6, 6.07) is 10.1. The number of hydrogen-bond acceptors (Lipinski definition) is 4. The first kappa shape index (κ1) is 20.4. The Labute approximate surface area is 158 Å². The van der Waals surface area contributed by atoms with E-state index in [0.29, 0.717) is 5.56 Å². The predicted molar refractivity (Wildman–Crippen MR) is 102 cm³/mol. The van der Waals surface area contributed by atoms with Crippen molar-refractivity contribution >= 4 is 27.6 Å². The Hall–Kier alpha value is -2.87. The summed E-state index contributed by atoms with van der Waals surface area (Å²) in [5.74, 6) is -1.64. The molecule has 2 N–H and O–H groups in total. The smallest absolute Gasteiger partial charge is 0.326 e. The number of carbonyl (C=O) groups excluding carboxylic acids is 1. The molecule has 0 saturated heterocycles. The topological polar surface area (TPSA) is 104 Å². The Balaban J connectivity index is 2.31. The highest BCUT2D eigenvalue weighted by Gasteiger charge is 2.23. The molecule has 1 amide bonds. The molecule has 144 valence electrons. The number of amides is 1. The van der Waals surface area contributed by atoms with Crippen LogP contribution in [0.1, 0.15) is 28.4 Å². The van der Waals surface area contributed by atoms with Gasteiger partial charge in [-0.15, -0.1) is 0 Å². The molecule has 0 bridgehead atoms. The van der Waals surface area contributed by atoms with E-state index in [4.69, 9.17) is 5.11 Å². The van der Waals surface area contributed by atoms with Gasteiger partial charge in [-0.3, -0.25) is 9.52 Å². The Morgan fingerprint density at radius 2 is 1.78 bits per heavy atom. The first-order chi connectivity index (χ1) is 12.5. The van der Waals surface area contributed by atoms with Gasteiger partial charge in [-0.2, -0.15) is 0 Å². The molecule has 2 aromatic rings. The van der Waals surface area contributed by atoms with Crippen molar-refractivity contribution in [3.8, 4) is 0 Å². The van der Waals surface area contributed by atoms with E-state index in [1.165, 1.54) is 38.2 Å². The zero-order valence-electron chi connectivity index (χ0n) is 15.6. The maximum atomic E-state index is 12.7.